The van der Waals surface area contributed by atoms with Crippen molar-refractivity contribution < 1.29 is 14.3 Å². The van der Waals surface area contributed by atoms with E-state index in [0.29, 0.717) is 40.4 Å². The van der Waals surface area contributed by atoms with E-state index in [4.69, 9.17) is 9.47 Å². The Morgan fingerprint density at radius 1 is 1.17 bits per heavy atom. The van der Waals surface area contributed by atoms with Crippen LogP contribution in [0.4, 0.5) is 0 Å². The maximum absolute atomic E-state index is 12.6. The van der Waals surface area contributed by atoms with E-state index in [2.05, 4.69) is 0 Å². The second-order valence-electron chi connectivity index (χ2n) is 4.97. The van der Waals surface area contributed by atoms with Crippen molar-refractivity contribution in [2.75, 3.05) is 26.9 Å². The Morgan fingerprint density at radius 2 is 1.87 bits per heavy atom. The molecular formula is C15H20N2O5S. The summed E-state index contributed by atoms with van der Waals surface area (Å²) < 4.78 is 13.0. The maximum Gasteiger partial charge on any atom is 0.332 e. The molecule has 8 heteroatoms. The number of carbonyl (C=O) groups is 1. The van der Waals surface area contributed by atoms with E-state index in [0.717, 1.165) is 22.2 Å². The van der Waals surface area contributed by atoms with E-state index in [1.54, 1.807) is 6.92 Å². The molecule has 0 saturated carbocycles. The van der Waals surface area contributed by atoms with Crippen LogP contribution in [-0.2, 0) is 22.6 Å². The van der Waals surface area contributed by atoms with Crippen molar-refractivity contribution in [1.82, 2.24) is 9.13 Å². The van der Waals surface area contributed by atoms with Gasteiger partial charge in [0.15, 0.2) is 6.29 Å². The third-order valence-corrected chi connectivity index (χ3v) is 4.86. The molecule has 2 aromatic heterocycles. The largest absolute Gasteiger partial charge is 0.383 e. The van der Waals surface area contributed by atoms with Crippen molar-refractivity contribution in [3.63, 3.8) is 0 Å². The van der Waals surface area contributed by atoms with Gasteiger partial charge >= 0.3 is 5.69 Å². The summed E-state index contributed by atoms with van der Waals surface area (Å²) in [5, 5.41) is 0.421. The lowest BCUT2D eigenvalue weighted by molar-refractivity contribution is 0.112. The molecule has 0 unspecified atom stereocenters. The van der Waals surface area contributed by atoms with Crippen LogP contribution in [0.15, 0.2) is 9.59 Å². The van der Waals surface area contributed by atoms with Gasteiger partial charge in [-0.25, -0.2) is 4.79 Å². The molecule has 0 N–H and O–H groups in total. The minimum absolute atomic E-state index is 0.171. The first-order valence-corrected chi connectivity index (χ1v) is 8.17. The Kier molecular flexibility index (Phi) is 5.86. The molecule has 0 bridgehead atoms. The lowest BCUT2D eigenvalue weighted by atomic mass is 10.2. The molecule has 0 amide bonds. The predicted octanol–water partition coefficient (Wildman–Crippen LogP) is 1.03. The molecule has 7 nitrogen and oxygen atoms in total. The summed E-state index contributed by atoms with van der Waals surface area (Å²) in [5.74, 6) is 0. The van der Waals surface area contributed by atoms with Crippen LogP contribution in [0.1, 0.15) is 22.2 Å². The van der Waals surface area contributed by atoms with E-state index in [9.17, 15) is 14.4 Å². The first-order chi connectivity index (χ1) is 11.1. The molecule has 0 saturated heterocycles. The van der Waals surface area contributed by atoms with Crippen molar-refractivity contribution >= 4 is 27.8 Å². The number of aldehydes is 1. The Morgan fingerprint density at radius 3 is 2.48 bits per heavy atom. The van der Waals surface area contributed by atoms with Gasteiger partial charge < -0.3 is 9.47 Å². The summed E-state index contributed by atoms with van der Waals surface area (Å²) in [6.07, 6.45) is 0.719. The van der Waals surface area contributed by atoms with Crippen LogP contribution in [0, 0.1) is 6.92 Å². The van der Waals surface area contributed by atoms with Gasteiger partial charge in [-0.2, -0.15) is 0 Å². The van der Waals surface area contributed by atoms with Crippen molar-refractivity contribution in [1.29, 1.82) is 0 Å². The van der Waals surface area contributed by atoms with Crippen molar-refractivity contribution in [2.45, 2.75) is 26.9 Å². The number of aryl methyl sites for hydroxylation is 1. The second kappa shape index (κ2) is 7.67. The predicted molar refractivity (Wildman–Crippen MR) is 88.8 cm³/mol. The van der Waals surface area contributed by atoms with Crippen LogP contribution in [0.2, 0.25) is 0 Å². The average molecular weight is 340 g/mol. The number of carbonyl (C=O) groups excluding carboxylic acids is 1. The molecule has 2 aromatic rings. The molecule has 126 valence electrons. The number of aromatic nitrogens is 2. The fraction of sp³-hybridized carbons (Fsp3) is 0.533. The number of thiophene rings is 1. The first kappa shape index (κ1) is 17.6. The number of rotatable bonds is 8. The third kappa shape index (κ3) is 3.29. The summed E-state index contributed by atoms with van der Waals surface area (Å²) in [6, 6.07) is 0. The lowest BCUT2D eigenvalue weighted by Gasteiger charge is -2.12. The highest BCUT2D eigenvalue weighted by Crippen LogP contribution is 2.26. The normalized spacial score (nSPS) is 11.3. The van der Waals surface area contributed by atoms with Gasteiger partial charge in [-0.1, -0.05) is 0 Å². The Labute approximate surface area is 137 Å². The van der Waals surface area contributed by atoms with Crippen LogP contribution < -0.4 is 11.2 Å². The summed E-state index contributed by atoms with van der Waals surface area (Å²) in [6.45, 7) is 5.26. The van der Waals surface area contributed by atoms with Gasteiger partial charge in [-0.3, -0.25) is 18.7 Å². The number of ether oxygens (including phenoxy) is 2. The van der Waals surface area contributed by atoms with Crippen LogP contribution in [0.5, 0.6) is 0 Å². The molecule has 2 heterocycles. The van der Waals surface area contributed by atoms with Gasteiger partial charge in [-0.15, -0.1) is 11.3 Å². The van der Waals surface area contributed by atoms with E-state index in [1.807, 2.05) is 6.92 Å². The van der Waals surface area contributed by atoms with Gasteiger partial charge in [0, 0.05) is 13.7 Å². The minimum atomic E-state index is -0.405. The third-order valence-electron chi connectivity index (χ3n) is 3.62. The van der Waals surface area contributed by atoms with E-state index in [-0.39, 0.29) is 18.7 Å². The van der Waals surface area contributed by atoms with Crippen molar-refractivity contribution in [2.24, 2.45) is 0 Å². The van der Waals surface area contributed by atoms with Gasteiger partial charge in [0.25, 0.3) is 5.56 Å². The topological polar surface area (TPSA) is 79.5 Å². The van der Waals surface area contributed by atoms with Gasteiger partial charge in [-0.05, 0) is 19.4 Å². The molecule has 0 radical (unpaired) electrons. The number of hydrogen-bond acceptors (Lipinski definition) is 6. The molecule has 0 aromatic carbocycles. The summed E-state index contributed by atoms with van der Waals surface area (Å²) in [7, 11) is 1.51. The highest BCUT2D eigenvalue weighted by Gasteiger charge is 2.19. The zero-order chi connectivity index (χ0) is 17.0. The lowest BCUT2D eigenvalue weighted by Crippen LogP contribution is -2.41. The van der Waals surface area contributed by atoms with Crippen LogP contribution in [0.25, 0.3) is 10.2 Å². The number of fused-ring (bicyclic) bond motifs is 1. The van der Waals surface area contributed by atoms with Crippen molar-refractivity contribution in [3.8, 4) is 0 Å². The fourth-order valence-electron chi connectivity index (χ4n) is 2.40. The standard InChI is InChI=1S/C15H20N2O5S/c1-4-22-8-6-17-14-12(10(2)11(9-18)23-14)13(19)16(15(17)20)5-7-21-3/h9H,4-8H2,1-3H3. The SMILES string of the molecule is CCOCCn1c(=O)n(CCOC)c(=O)c2c(C)c(C=O)sc21. The Bertz CT molecular complexity index is 818. The van der Waals surface area contributed by atoms with Gasteiger partial charge in [0.1, 0.15) is 4.83 Å². The molecule has 2 rings (SSSR count). The summed E-state index contributed by atoms with van der Waals surface area (Å²) in [4.78, 5) is 37.5. The molecule has 0 spiro atoms. The molecule has 0 aliphatic rings. The molecule has 23 heavy (non-hydrogen) atoms. The van der Waals surface area contributed by atoms with Gasteiger partial charge in [0.2, 0.25) is 0 Å². The number of methoxy groups -OCH3 is 1. The van der Waals surface area contributed by atoms with Crippen LogP contribution >= 0.6 is 11.3 Å². The Balaban J connectivity index is 2.71. The molecule has 0 fully saturated rings. The summed E-state index contributed by atoms with van der Waals surface area (Å²) in [5.41, 5.74) is -0.171. The molecular weight excluding hydrogens is 320 g/mol. The smallest absolute Gasteiger partial charge is 0.332 e. The molecule has 0 aliphatic heterocycles. The van der Waals surface area contributed by atoms with E-state index in [1.165, 1.54) is 11.7 Å². The zero-order valence-electron chi connectivity index (χ0n) is 13.5. The number of hydrogen-bond donors (Lipinski definition) is 0. The monoisotopic (exact) mass is 340 g/mol. The van der Waals surface area contributed by atoms with E-state index < -0.39 is 5.69 Å². The number of nitrogens with zero attached hydrogens (tertiary/aromatic N) is 2. The zero-order valence-corrected chi connectivity index (χ0v) is 14.3. The summed E-state index contributed by atoms with van der Waals surface area (Å²) >= 11 is 1.16. The highest BCUT2D eigenvalue weighted by atomic mass is 32.1. The molecule has 0 atom stereocenters. The van der Waals surface area contributed by atoms with Crippen molar-refractivity contribution in [3.05, 3.63) is 31.3 Å². The van der Waals surface area contributed by atoms with Crippen LogP contribution in [0.3, 0.4) is 0 Å². The Hall–Kier alpha value is -1.77. The highest BCUT2D eigenvalue weighted by molar-refractivity contribution is 7.20. The van der Waals surface area contributed by atoms with Crippen LogP contribution in [-0.4, -0.2) is 42.4 Å². The second-order valence-corrected chi connectivity index (χ2v) is 6.00. The average Bonchev–Trinajstić information content (AvgIpc) is 2.87. The first-order valence-electron chi connectivity index (χ1n) is 7.35. The molecule has 0 aliphatic carbocycles. The quantitative estimate of drug-likeness (QED) is 0.530. The van der Waals surface area contributed by atoms with E-state index >= 15 is 0 Å². The fourth-order valence-corrected chi connectivity index (χ4v) is 3.53. The van der Waals surface area contributed by atoms with Gasteiger partial charge in [0.05, 0.1) is 36.6 Å². The minimum Gasteiger partial charge on any atom is -0.383 e. The maximum atomic E-state index is 12.6.